The monoisotopic (exact) mass is 259 g/mol. The minimum atomic E-state index is -0.852. The smallest absolute Gasteiger partial charge is 0.378 e. The lowest BCUT2D eigenvalue weighted by Gasteiger charge is -2.35. The number of fused-ring (bicyclic) bond motifs is 1. The number of benzene rings is 1. The van der Waals surface area contributed by atoms with E-state index >= 15 is 0 Å². The number of rotatable bonds is 2. The van der Waals surface area contributed by atoms with Gasteiger partial charge in [-0.1, -0.05) is 24.3 Å². The van der Waals surface area contributed by atoms with Crippen molar-refractivity contribution >= 4 is 17.4 Å². The van der Waals surface area contributed by atoms with Crippen LogP contribution in [-0.4, -0.2) is 24.4 Å². The standard InChI is InChI=1S/C15H17NO3/c1-15(2)9-10-6-4-5-7-11(10)12(16-15)8-13(17)14(18)19-3/h4-8,16H,9H2,1-3H3. The summed E-state index contributed by atoms with van der Waals surface area (Å²) in [7, 11) is 1.20. The van der Waals surface area contributed by atoms with Crippen molar-refractivity contribution in [1.82, 2.24) is 5.32 Å². The van der Waals surface area contributed by atoms with Crippen molar-refractivity contribution in [2.45, 2.75) is 25.8 Å². The molecule has 4 heteroatoms. The third-order valence-corrected chi connectivity index (χ3v) is 3.07. The number of carbonyl (C=O) groups excluding carboxylic acids is 2. The Kier molecular flexibility index (Phi) is 3.42. The summed E-state index contributed by atoms with van der Waals surface area (Å²) in [5.74, 6) is -1.51. The molecule has 0 fully saturated rings. The fourth-order valence-corrected chi connectivity index (χ4v) is 2.29. The van der Waals surface area contributed by atoms with Crippen LogP contribution in [0.3, 0.4) is 0 Å². The van der Waals surface area contributed by atoms with Gasteiger partial charge in [0.25, 0.3) is 5.78 Å². The highest BCUT2D eigenvalue weighted by Gasteiger charge is 2.28. The summed E-state index contributed by atoms with van der Waals surface area (Å²) in [5.41, 5.74) is 2.63. The van der Waals surface area contributed by atoms with E-state index in [4.69, 9.17) is 0 Å². The molecule has 1 aliphatic rings. The second-order valence-corrected chi connectivity index (χ2v) is 5.26. The molecule has 1 N–H and O–H groups in total. The Labute approximate surface area is 112 Å². The van der Waals surface area contributed by atoms with Gasteiger partial charge in [0, 0.05) is 22.9 Å². The SMILES string of the molecule is COC(=O)C(=O)C=C1NC(C)(C)Cc2ccccc21. The molecule has 0 aromatic heterocycles. The summed E-state index contributed by atoms with van der Waals surface area (Å²) in [4.78, 5) is 22.9. The molecule has 1 aromatic carbocycles. The molecule has 4 nitrogen and oxygen atoms in total. The average Bonchev–Trinajstić information content (AvgIpc) is 2.36. The molecular weight excluding hydrogens is 242 g/mol. The molecule has 1 aliphatic heterocycles. The molecule has 0 spiro atoms. The lowest BCUT2D eigenvalue weighted by Crippen LogP contribution is -2.44. The van der Waals surface area contributed by atoms with Gasteiger partial charge in [-0.2, -0.15) is 0 Å². The van der Waals surface area contributed by atoms with Crippen molar-refractivity contribution in [3.63, 3.8) is 0 Å². The average molecular weight is 259 g/mol. The first-order valence-corrected chi connectivity index (χ1v) is 6.13. The van der Waals surface area contributed by atoms with Gasteiger partial charge in [-0.05, 0) is 25.8 Å². The highest BCUT2D eigenvalue weighted by atomic mass is 16.5. The zero-order valence-electron chi connectivity index (χ0n) is 11.3. The van der Waals surface area contributed by atoms with E-state index in [0.717, 1.165) is 17.5 Å². The summed E-state index contributed by atoms with van der Waals surface area (Å²) < 4.78 is 4.43. The lowest BCUT2D eigenvalue weighted by molar-refractivity contribution is -0.149. The van der Waals surface area contributed by atoms with Crippen LogP contribution in [0.15, 0.2) is 30.3 Å². The van der Waals surface area contributed by atoms with Gasteiger partial charge in [0.15, 0.2) is 0 Å². The highest BCUT2D eigenvalue weighted by molar-refractivity contribution is 6.39. The van der Waals surface area contributed by atoms with Crippen LogP contribution in [0.5, 0.6) is 0 Å². The highest BCUT2D eigenvalue weighted by Crippen LogP contribution is 2.29. The number of hydrogen-bond donors (Lipinski definition) is 1. The van der Waals surface area contributed by atoms with E-state index in [1.165, 1.54) is 13.2 Å². The third-order valence-electron chi connectivity index (χ3n) is 3.07. The molecule has 0 saturated heterocycles. The van der Waals surface area contributed by atoms with Crippen LogP contribution in [0.2, 0.25) is 0 Å². The molecule has 0 aliphatic carbocycles. The molecule has 2 rings (SSSR count). The van der Waals surface area contributed by atoms with E-state index in [9.17, 15) is 9.59 Å². The number of methoxy groups -OCH3 is 1. The summed E-state index contributed by atoms with van der Waals surface area (Å²) in [5, 5.41) is 3.29. The van der Waals surface area contributed by atoms with E-state index in [2.05, 4.69) is 23.9 Å². The molecule has 0 atom stereocenters. The zero-order chi connectivity index (χ0) is 14.0. The molecule has 1 heterocycles. The van der Waals surface area contributed by atoms with Crippen LogP contribution < -0.4 is 5.32 Å². The van der Waals surface area contributed by atoms with E-state index in [1.807, 2.05) is 24.3 Å². The predicted octanol–water partition coefficient (Wildman–Crippen LogP) is 1.69. The van der Waals surface area contributed by atoms with Crippen LogP contribution in [0, 0.1) is 0 Å². The van der Waals surface area contributed by atoms with Gasteiger partial charge < -0.3 is 10.1 Å². The van der Waals surface area contributed by atoms with Crippen molar-refractivity contribution in [2.24, 2.45) is 0 Å². The fraction of sp³-hybridized carbons (Fsp3) is 0.333. The summed E-state index contributed by atoms with van der Waals surface area (Å²) in [6.45, 7) is 4.11. The minimum Gasteiger partial charge on any atom is -0.463 e. The van der Waals surface area contributed by atoms with Gasteiger partial charge in [-0.25, -0.2) is 4.79 Å². The first-order chi connectivity index (χ1) is 8.93. The van der Waals surface area contributed by atoms with E-state index in [-0.39, 0.29) is 5.54 Å². The van der Waals surface area contributed by atoms with Gasteiger partial charge >= 0.3 is 5.97 Å². The molecule has 0 bridgehead atoms. The van der Waals surface area contributed by atoms with Gasteiger partial charge in [-0.3, -0.25) is 4.79 Å². The molecular formula is C15H17NO3. The van der Waals surface area contributed by atoms with Crippen LogP contribution in [0.25, 0.3) is 5.70 Å². The van der Waals surface area contributed by atoms with Crippen LogP contribution >= 0.6 is 0 Å². The number of hydrogen-bond acceptors (Lipinski definition) is 4. The molecule has 0 unspecified atom stereocenters. The second kappa shape index (κ2) is 4.88. The van der Waals surface area contributed by atoms with Gasteiger partial charge in [0.05, 0.1) is 7.11 Å². The maximum absolute atomic E-state index is 11.7. The van der Waals surface area contributed by atoms with Crippen LogP contribution in [0.4, 0.5) is 0 Å². The molecule has 0 radical (unpaired) electrons. The molecule has 1 aromatic rings. The molecule has 19 heavy (non-hydrogen) atoms. The van der Waals surface area contributed by atoms with E-state index in [1.54, 1.807) is 0 Å². The number of ether oxygens (including phenoxy) is 1. The van der Waals surface area contributed by atoms with E-state index < -0.39 is 11.8 Å². The lowest BCUT2D eigenvalue weighted by atomic mass is 9.85. The fourth-order valence-electron chi connectivity index (χ4n) is 2.29. The molecule has 100 valence electrons. The van der Waals surface area contributed by atoms with Crippen LogP contribution in [0.1, 0.15) is 25.0 Å². The first-order valence-electron chi connectivity index (χ1n) is 6.13. The van der Waals surface area contributed by atoms with Gasteiger partial charge in [0.1, 0.15) is 0 Å². The number of carbonyl (C=O) groups is 2. The van der Waals surface area contributed by atoms with Gasteiger partial charge in [-0.15, -0.1) is 0 Å². The van der Waals surface area contributed by atoms with Crippen molar-refractivity contribution in [3.05, 3.63) is 41.5 Å². The Balaban J connectivity index is 2.43. The second-order valence-electron chi connectivity index (χ2n) is 5.26. The topological polar surface area (TPSA) is 55.4 Å². The van der Waals surface area contributed by atoms with Crippen molar-refractivity contribution < 1.29 is 14.3 Å². The predicted molar refractivity (Wildman–Crippen MR) is 72.4 cm³/mol. The largest absolute Gasteiger partial charge is 0.463 e. The van der Waals surface area contributed by atoms with Crippen LogP contribution in [-0.2, 0) is 20.7 Å². The Hall–Kier alpha value is -2.10. The maximum atomic E-state index is 11.7. The molecule has 0 amide bonds. The summed E-state index contributed by atoms with van der Waals surface area (Å²) in [6.07, 6.45) is 2.18. The van der Waals surface area contributed by atoms with E-state index in [0.29, 0.717) is 5.70 Å². The minimum absolute atomic E-state index is 0.156. The third kappa shape index (κ3) is 2.84. The summed E-state index contributed by atoms with van der Waals surface area (Å²) >= 11 is 0. The first kappa shape index (κ1) is 13.3. The Morgan fingerprint density at radius 3 is 2.68 bits per heavy atom. The van der Waals surface area contributed by atoms with Crippen molar-refractivity contribution in [1.29, 1.82) is 0 Å². The summed E-state index contributed by atoms with van der Waals surface area (Å²) in [6, 6.07) is 7.86. The number of esters is 1. The molecule has 0 saturated carbocycles. The number of nitrogens with one attached hydrogen (secondary N) is 1. The van der Waals surface area contributed by atoms with Crippen molar-refractivity contribution in [3.8, 4) is 0 Å². The quantitative estimate of drug-likeness (QED) is 0.499. The number of ketones is 1. The van der Waals surface area contributed by atoms with Gasteiger partial charge in [0.2, 0.25) is 0 Å². The Morgan fingerprint density at radius 1 is 1.32 bits per heavy atom. The Bertz CT molecular complexity index is 558. The maximum Gasteiger partial charge on any atom is 0.378 e. The normalized spacial score (nSPS) is 18.4. The Morgan fingerprint density at radius 2 is 2.00 bits per heavy atom. The van der Waals surface area contributed by atoms with Crippen molar-refractivity contribution in [2.75, 3.05) is 7.11 Å². The zero-order valence-corrected chi connectivity index (χ0v) is 11.3.